The maximum Gasteiger partial charge on any atom is 0.154 e. The number of hydrogen-bond donors (Lipinski definition) is 0. The highest BCUT2D eigenvalue weighted by molar-refractivity contribution is 5.89. The van der Waals surface area contributed by atoms with E-state index in [1.165, 1.54) is 0 Å². The van der Waals surface area contributed by atoms with E-state index in [0.29, 0.717) is 17.0 Å². The van der Waals surface area contributed by atoms with E-state index in [1.807, 2.05) is 61.5 Å². The summed E-state index contributed by atoms with van der Waals surface area (Å²) in [4.78, 5) is 11.6. The Labute approximate surface area is 129 Å². The van der Waals surface area contributed by atoms with Crippen molar-refractivity contribution >= 4 is 6.29 Å². The van der Waals surface area contributed by atoms with Gasteiger partial charge in [0.15, 0.2) is 6.29 Å². The van der Waals surface area contributed by atoms with Gasteiger partial charge in [-0.3, -0.25) is 4.79 Å². The zero-order chi connectivity index (χ0) is 15.5. The lowest BCUT2D eigenvalue weighted by Gasteiger charge is -2.11. The lowest BCUT2D eigenvalue weighted by atomic mass is 10.1. The van der Waals surface area contributed by atoms with Gasteiger partial charge >= 0.3 is 0 Å². The van der Waals surface area contributed by atoms with Crippen LogP contribution in [-0.4, -0.2) is 23.2 Å². The minimum Gasteiger partial charge on any atom is -0.496 e. The van der Waals surface area contributed by atoms with Crippen LogP contribution >= 0.6 is 0 Å². The number of hydrogen-bond acceptors (Lipinski definition) is 3. The summed E-state index contributed by atoms with van der Waals surface area (Å²) in [6, 6.07) is 17.4. The summed E-state index contributed by atoms with van der Waals surface area (Å²) in [5.74, 6) is 0.711. The van der Waals surface area contributed by atoms with E-state index in [2.05, 4.69) is 5.10 Å². The van der Waals surface area contributed by atoms with Crippen molar-refractivity contribution in [2.75, 3.05) is 7.11 Å². The molecule has 0 aliphatic carbocycles. The highest BCUT2D eigenvalue weighted by Crippen LogP contribution is 2.34. The smallest absolute Gasteiger partial charge is 0.154 e. The average molecular weight is 292 g/mol. The summed E-state index contributed by atoms with van der Waals surface area (Å²) < 4.78 is 7.23. The van der Waals surface area contributed by atoms with Crippen LogP contribution in [0.3, 0.4) is 0 Å². The van der Waals surface area contributed by atoms with Crippen molar-refractivity contribution in [3.8, 4) is 22.7 Å². The summed E-state index contributed by atoms with van der Waals surface area (Å²) in [7, 11) is 1.62. The first-order valence-corrected chi connectivity index (χ1v) is 7.00. The maximum atomic E-state index is 11.6. The van der Waals surface area contributed by atoms with Crippen molar-refractivity contribution in [2.45, 2.75) is 6.92 Å². The van der Waals surface area contributed by atoms with Gasteiger partial charge in [-0.25, -0.2) is 4.68 Å². The van der Waals surface area contributed by atoms with Gasteiger partial charge in [0.25, 0.3) is 0 Å². The fraction of sp³-hybridized carbons (Fsp3) is 0.111. The second-order valence-electron chi connectivity index (χ2n) is 4.91. The summed E-state index contributed by atoms with van der Waals surface area (Å²) >= 11 is 0. The molecule has 0 N–H and O–H groups in total. The van der Waals surface area contributed by atoms with Crippen molar-refractivity contribution in [3.05, 3.63) is 65.9 Å². The number of nitrogens with zero attached hydrogens (tertiary/aromatic N) is 2. The van der Waals surface area contributed by atoms with Crippen LogP contribution in [0.2, 0.25) is 0 Å². The molecule has 0 unspecified atom stereocenters. The van der Waals surface area contributed by atoms with Gasteiger partial charge in [-0.2, -0.15) is 5.10 Å². The summed E-state index contributed by atoms with van der Waals surface area (Å²) in [5.41, 5.74) is 3.76. The van der Waals surface area contributed by atoms with E-state index in [1.54, 1.807) is 11.8 Å². The molecule has 1 heterocycles. The SMILES string of the molecule is COc1ccccc1-c1c(C=O)c(C)nn1-c1ccccc1. The van der Waals surface area contributed by atoms with Gasteiger partial charge in [-0.15, -0.1) is 0 Å². The molecule has 110 valence electrons. The van der Waals surface area contributed by atoms with Crippen molar-refractivity contribution in [1.29, 1.82) is 0 Å². The fourth-order valence-corrected chi connectivity index (χ4v) is 2.54. The molecular formula is C18H16N2O2. The highest BCUT2D eigenvalue weighted by atomic mass is 16.5. The zero-order valence-electron chi connectivity index (χ0n) is 12.5. The average Bonchev–Trinajstić information content (AvgIpc) is 2.91. The van der Waals surface area contributed by atoms with Crippen molar-refractivity contribution in [3.63, 3.8) is 0 Å². The fourth-order valence-electron chi connectivity index (χ4n) is 2.54. The minimum absolute atomic E-state index is 0.577. The van der Waals surface area contributed by atoms with Gasteiger partial charge in [0.2, 0.25) is 0 Å². The molecule has 4 heteroatoms. The maximum absolute atomic E-state index is 11.6. The Morgan fingerprint density at radius 1 is 1.05 bits per heavy atom. The lowest BCUT2D eigenvalue weighted by molar-refractivity contribution is 0.112. The van der Waals surface area contributed by atoms with Crippen LogP contribution in [0.1, 0.15) is 16.1 Å². The number of methoxy groups -OCH3 is 1. The van der Waals surface area contributed by atoms with Gasteiger partial charge in [-0.05, 0) is 31.2 Å². The number of aryl methyl sites for hydroxylation is 1. The molecule has 0 atom stereocenters. The third kappa shape index (κ3) is 2.29. The molecule has 3 aromatic rings. The lowest BCUT2D eigenvalue weighted by Crippen LogP contribution is -2.01. The van der Waals surface area contributed by atoms with Crippen molar-refractivity contribution in [2.24, 2.45) is 0 Å². The van der Waals surface area contributed by atoms with Gasteiger partial charge in [0, 0.05) is 5.56 Å². The molecule has 3 rings (SSSR count). The number of rotatable bonds is 4. The predicted molar refractivity (Wildman–Crippen MR) is 85.7 cm³/mol. The molecule has 22 heavy (non-hydrogen) atoms. The largest absolute Gasteiger partial charge is 0.496 e. The molecule has 0 spiro atoms. The van der Waals surface area contributed by atoms with Gasteiger partial charge < -0.3 is 4.74 Å². The first-order chi connectivity index (χ1) is 10.8. The monoisotopic (exact) mass is 292 g/mol. The Balaban J connectivity index is 2.32. The molecule has 4 nitrogen and oxygen atoms in total. The second kappa shape index (κ2) is 5.85. The number of para-hydroxylation sites is 2. The topological polar surface area (TPSA) is 44.1 Å². The van der Waals surface area contributed by atoms with Crippen LogP contribution in [0, 0.1) is 6.92 Å². The van der Waals surface area contributed by atoms with Crippen LogP contribution in [0.5, 0.6) is 5.75 Å². The van der Waals surface area contributed by atoms with Crippen LogP contribution in [0.15, 0.2) is 54.6 Å². The first kappa shape index (κ1) is 14.1. The van der Waals surface area contributed by atoms with Crippen LogP contribution in [0.25, 0.3) is 16.9 Å². The second-order valence-corrected chi connectivity index (χ2v) is 4.91. The number of aldehydes is 1. The third-order valence-corrected chi connectivity index (χ3v) is 3.59. The molecule has 2 aromatic carbocycles. The molecule has 0 aliphatic rings. The zero-order valence-corrected chi connectivity index (χ0v) is 12.5. The molecule has 0 aliphatic heterocycles. The molecular weight excluding hydrogens is 276 g/mol. The van der Waals surface area contributed by atoms with E-state index in [9.17, 15) is 4.79 Å². The Kier molecular flexibility index (Phi) is 3.74. The standard InChI is InChI=1S/C18H16N2O2/c1-13-16(12-21)18(15-10-6-7-11-17(15)22-2)20(19-13)14-8-4-3-5-9-14/h3-12H,1-2H3. The predicted octanol–water partition coefficient (Wildman–Crippen LogP) is 3.67. The van der Waals surface area contributed by atoms with E-state index in [0.717, 1.165) is 23.2 Å². The summed E-state index contributed by atoms with van der Waals surface area (Å²) in [6.07, 6.45) is 0.851. The highest BCUT2D eigenvalue weighted by Gasteiger charge is 2.20. The Bertz CT molecular complexity index is 807. The molecule has 0 amide bonds. The number of carbonyl (C=O) groups is 1. The number of benzene rings is 2. The van der Waals surface area contributed by atoms with Gasteiger partial charge in [-0.1, -0.05) is 30.3 Å². The number of ether oxygens (including phenoxy) is 1. The van der Waals surface area contributed by atoms with Gasteiger partial charge in [0.05, 0.1) is 29.7 Å². The van der Waals surface area contributed by atoms with Crippen LogP contribution in [0.4, 0.5) is 0 Å². The third-order valence-electron chi connectivity index (χ3n) is 3.59. The summed E-state index contributed by atoms with van der Waals surface area (Å²) in [6.45, 7) is 1.84. The van der Waals surface area contributed by atoms with Crippen LogP contribution < -0.4 is 4.74 Å². The van der Waals surface area contributed by atoms with Crippen molar-refractivity contribution in [1.82, 2.24) is 9.78 Å². The molecule has 0 fully saturated rings. The van der Waals surface area contributed by atoms with E-state index < -0.39 is 0 Å². The number of aromatic nitrogens is 2. The first-order valence-electron chi connectivity index (χ1n) is 7.00. The Morgan fingerprint density at radius 3 is 2.41 bits per heavy atom. The van der Waals surface area contributed by atoms with E-state index in [4.69, 9.17) is 4.74 Å². The molecule has 0 saturated heterocycles. The van der Waals surface area contributed by atoms with E-state index in [-0.39, 0.29) is 0 Å². The molecule has 0 bridgehead atoms. The normalized spacial score (nSPS) is 10.5. The van der Waals surface area contributed by atoms with Crippen LogP contribution in [-0.2, 0) is 0 Å². The molecule has 1 aromatic heterocycles. The van der Waals surface area contributed by atoms with E-state index >= 15 is 0 Å². The number of carbonyl (C=O) groups excluding carboxylic acids is 1. The summed E-state index contributed by atoms with van der Waals surface area (Å²) in [5, 5.41) is 4.53. The molecule has 0 radical (unpaired) electrons. The molecule has 0 saturated carbocycles. The quantitative estimate of drug-likeness (QED) is 0.689. The van der Waals surface area contributed by atoms with Crippen molar-refractivity contribution < 1.29 is 9.53 Å². The van der Waals surface area contributed by atoms with Gasteiger partial charge in [0.1, 0.15) is 5.75 Å². The Morgan fingerprint density at radius 2 is 1.73 bits per heavy atom. The minimum atomic E-state index is 0.577. The Hall–Kier alpha value is -2.88.